The highest BCUT2D eigenvalue weighted by atomic mass is 16.5. The normalized spacial score (nSPS) is 10.6. The van der Waals surface area contributed by atoms with E-state index in [0.717, 1.165) is 11.3 Å². The van der Waals surface area contributed by atoms with Crippen molar-refractivity contribution >= 4 is 5.97 Å². The van der Waals surface area contributed by atoms with Gasteiger partial charge in [-0.3, -0.25) is 4.68 Å². The Morgan fingerprint density at radius 1 is 1.30 bits per heavy atom. The molecule has 0 saturated carbocycles. The van der Waals surface area contributed by atoms with Crippen molar-refractivity contribution < 1.29 is 14.6 Å². The smallest absolute Gasteiger partial charge is 0.339 e. The second-order valence-electron chi connectivity index (χ2n) is 4.59. The SMILES string of the molecule is CCOc1ccc(Cn2nc(C)c(C(=O)O)c2C)cc1. The molecule has 1 heterocycles. The van der Waals surface area contributed by atoms with Gasteiger partial charge < -0.3 is 9.84 Å². The Labute approximate surface area is 117 Å². The highest BCUT2D eigenvalue weighted by Gasteiger charge is 2.17. The van der Waals surface area contributed by atoms with Crippen LogP contribution in [0, 0.1) is 13.8 Å². The zero-order valence-corrected chi connectivity index (χ0v) is 11.9. The molecule has 106 valence electrons. The molecule has 2 rings (SSSR count). The third kappa shape index (κ3) is 2.82. The Morgan fingerprint density at radius 3 is 2.45 bits per heavy atom. The zero-order chi connectivity index (χ0) is 14.7. The molecular formula is C15H18N2O3. The molecule has 0 atom stereocenters. The van der Waals surface area contributed by atoms with Crippen molar-refractivity contribution in [3.63, 3.8) is 0 Å². The van der Waals surface area contributed by atoms with Crippen LogP contribution in [-0.2, 0) is 6.54 Å². The van der Waals surface area contributed by atoms with E-state index < -0.39 is 5.97 Å². The number of hydrogen-bond acceptors (Lipinski definition) is 3. The number of aromatic carboxylic acids is 1. The number of benzene rings is 1. The summed E-state index contributed by atoms with van der Waals surface area (Å²) in [6, 6.07) is 7.73. The van der Waals surface area contributed by atoms with Crippen LogP contribution in [0.25, 0.3) is 0 Å². The molecule has 20 heavy (non-hydrogen) atoms. The summed E-state index contributed by atoms with van der Waals surface area (Å²) in [5, 5.41) is 13.4. The lowest BCUT2D eigenvalue weighted by Gasteiger charge is -2.07. The van der Waals surface area contributed by atoms with Crippen LogP contribution in [-0.4, -0.2) is 27.5 Å². The van der Waals surface area contributed by atoms with Crippen molar-refractivity contribution in [2.24, 2.45) is 0 Å². The van der Waals surface area contributed by atoms with Gasteiger partial charge in [0.15, 0.2) is 0 Å². The number of hydrogen-bond donors (Lipinski definition) is 1. The van der Waals surface area contributed by atoms with Crippen LogP contribution >= 0.6 is 0 Å². The molecule has 5 heteroatoms. The maximum absolute atomic E-state index is 11.2. The number of ether oxygens (including phenoxy) is 1. The van der Waals surface area contributed by atoms with Gasteiger partial charge in [0.25, 0.3) is 0 Å². The van der Waals surface area contributed by atoms with Crippen molar-refractivity contribution in [1.29, 1.82) is 0 Å². The molecule has 0 amide bonds. The fraction of sp³-hybridized carbons (Fsp3) is 0.333. The second-order valence-corrected chi connectivity index (χ2v) is 4.59. The third-order valence-corrected chi connectivity index (χ3v) is 3.16. The number of nitrogens with zero attached hydrogens (tertiary/aromatic N) is 2. The molecule has 0 aliphatic carbocycles. The van der Waals surface area contributed by atoms with E-state index >= 15 is 0 Å². The maximum Gasteiger partial charge on any atom is 0.339 e. The van der Waals surface area contributed by atoms with Gasteiger partial charge in [0.1, 0.15) is 11.3 Å². The van der Waals surface area contributed by atoms with E-state index in [2.05, 4.69) is 5.10 Å². The molecular weight excluding hydrogens is 256 g/mol. The van der Waals surface area contributed by atoms with E-state index in [9.17, 15) is 4.79 Å². The predicted octanol–water partition coefficient (Wildman–Crippen LogP) is 2.65. The molecule has 5 nitrogen and oxygen atoms in total. The molecule has 0 saturated heterocycles. The molecule has 0 radical (unpaired) electrons. The zero-order valence-electron chi connectivity index (χ0n) is 11.9. The van der Waals surface area contributed by atoms with Crippen molar-refractivity contribution in [3.05, 3.63) is 46.8 Å². The van der Waals surface area contributed by atoms with Gasteiger partial charge in [0.05, 0.1) is 24.5 Å². The number of rotatable bonds is 5. The summed E-state index contributed by atoms with van der Waals surface area (Å²) < 4.78 is 7.11. The quantitative estimate of drug-likeness (QED) is 0.910. The Hall–Kier alpha value is -2.30. The largest absolute Gasteiger partial charge is 0.494 e. The summed E-state index contributed by atoms with van der Waals surface area (Å²) in [6.07, 6.45) is 0. The summed E-state index contributed by atoms with van der Waals surface area (Å²) in [7, 11) is 0. The standard InChI is InChI=1S/C15H18N2O3/c1-4-20-13-7-5-12(6-8-13)9-17-11(3)14(15(18)19)10(2)16-17/h5-8H,4,9H2,1-3H3,(H,18,19). The fourth-order valence-corrected chi connectivity index (χ4v) is 2.19. The first-order valence-electron chi connectivity index (χ1n) is 6.52. The number of carboxylic acids is 1. The Morgan fingerprint density at radius 2 is 1.95 bits per heavy atom. The minimum absolute atomic E-state index is 0.288. The summed E-state index contributed by atoms with van der Waals surface area (Å²) in [5.74, 6) is -0.103. The lowest BCUT2D eigenvalue weighted by molar-refractivity contribution is 0.0695. The first-order valence-corrected chi connectivity index (χ1v) is 6.52. The molecule has 0 unspecified atom stereocenters. The van der Waals surface area contributed by atoms with Crippen LogP contribution < -0.4 is 4.74 Å². The van der Waals surface area contributed by atoms with Crippen LogP contribution in [0.4, 0.5) is 0 Å². The Kier molecular flexibility index (Phi) is 4.08. The van der Waals surface area contributed by atoms with E-state index in [1.165, 1.54) is 0 Å². The van der Waals surface area contributed by atoms with Gasteiger partial charge in [-0.15, -0.1) is 0 Å². The van der Waals surface area contributed by atoms with Gasteiger partial charge in [-0.05, 0) is 38.5 Å². The van der Waals surface area contributed by atoms with Gasteiger partial charge in [0.2, 0.25) is 0 Å². The van der Waals surface area contributed by atoms with Crippen LogP contribution in [0.15, 0.2) is 24.3 Å². The summed E-state index contributed by atoms with van der Waals surface area (Å²) >= 11 is 0. The fourth-order valence-electron chi connectivity index (χ4n) is 2.19. The molecule has 0 bridgehead atoms. The van der Waals surface area contributed by atoms with Crippen LogP contribution in [0.3, 0.4) is 0 Å². The second kappa shape index (κ2) is 5.77. The lowest BCUT2D eigenvalue weighted by Crippen LogP contribution is -2.06. The average molecular weight is 274 g/mol. The van der Waals surface area contributed by atoms with E-state index in [1.807, 2.05) is 31.2 Å². The minimum Gasteiger partial charge on any atom is -0.494 e. The maximum atomic E-state index is 11.2. The number of aromatic nitrogens is 2. The van der Waals surface area contributed by atoms with Crippen LogP contribution in [0.2, 0.25) is 0 Å². The van der Waals surface area contributed by atoms with Crippen molar-refractivity contribution in [1.82, 2.24) is 9.78 Å². The van der Waals surface area contributed by atoms with E-state index in [1.54, 1.807) is 18.5 Å². The first-order chi connectivity index (χ1) is 9.52. The monoisotopic (exact) mass is 274 g/mol. The molecule has 0 aliphatic rings. The van der Waals surface area contributed by atoms with Gasteiger partial charge in [-0.25, -0.2) is 4.79 Å². The van der Waals surface area contributed by atoms with Crippen LogP contribution in [0.5, 0.6) is 5.75 Å². The molecule has 0 fully saturated rings. The number of carbonyl (C=O) groups is 1. The first kappa shape index (κ1) is 14.1. The van der Waals surface area contributed by atoms with E-state index in [-0.39, 0.29) is 5.56 Å². The van der Waals surface area contributed by atoms with Gasteiger partial charge >= 0.3 is 5.97 Å². The minimum atomic E-state index is -0.932. The molecule has 1 N–H and O–H groups in total. The highest BCUT2D eigenvalue weighted by molar-refractivity contribution is 5.90. The van der Waals surface area contributed by atoms with E-state index in [4.69, 9.17) is 9.84 Å². The summed E-state index contributed by atoms with van der Waals surface area (Å²) in [4.78, 5) is 11.2. The lowest BCUT2D eigenvalue weighted by atomic mass is 10.2. The molecule has 0 spiro atoms. The predicted molar refractivity (Wildman–Crippen MR) is 75.4 cm³/mol. The molecule has 0 aliphatic heterocycles. The highest BCUT2D eigenvalue weighted by Crippen LogP contribution is 2.17. The molecule has 2 aromatic rings. The average Bonchev–Trinajstić information content (AvgIpc) is 2.67. The van der Waals surface area contributed by atoms with Gasteiger partial charge in [-0.1, -0.05) is 12.1 Å². The summed E-state index contributed by atoms with van der Waals surface area (Å²) in [5.41, 5.74) is 2.55. The number of carboxylic acid groups (broad SMARTS) is 1. The van der Waals surface area contributed by atoms with Crippen molar-refractivity contribution in [3.8, 4) is 5.75 Å². The van der Waals surface area contributed by atoms with Crippen LogP contribution in [0.1, 0.15) is 34.2 Å². The van der Waals surface area contributed by atoms with Gasteiger partial charge in [0, 0.05) is 0 Å². The Bertz CT molecular complexity index is 615. The van der Waals surface area contributed by atoms with Gasteiger partial charge in [-0.2, -0.15) is 5.10 Å². The Balaban J connectivity index is 2.22. The molecule has 1 aromatic heterocycles. The summed E-state index contributed by atoms with van der Waals surface area (Å²) in [6.45, 7) is 6.62. The molecule has 1 aromatic carbocycles. The van der Waals surface area contributed by atoms with Crippen molar-refractivity contribution in [2.75, 3.05) is 6.61 Å². The third-order valence-electron chi connectivity index (χ3n) is 3.16. The topological polar surface area (TPSA) is 64.4 Å². The van der Waals surface area contributed by atoms with E-state index in [0.29, 0.717) is 24.5 Å². The number of aryl methyl sites for hydroxylation is 1. The van der Waals surface area contributed by atoms with Crippen molar-refractivity contribution in [2.45, 2.75) is 27.3 Å².